The maximum Gasteiger partial charge on any atom is 0.251 e. The van der Waals surface area contributed by atoms with Crippen molar-refractivity contribution >= 4 is 0 Å². The molecule has 3 nitrogen and oxygen atoms in total. The summed E-state index contributed by atoms with van der Waals surface area (Å²) < 4.78 is 0. The molecule has 1 aliphatic carbocycles. The predicted molar refractivity (Wildman–Crippen MR) is 69.1 cm³/mol. The van der Waals surface area contributed by atoms with Crippen LogP contribution in [0.15, 0.2) is 10.9 Å². The lowest BCUT2D eigenvalue weighted by atomic mass is 9.77. The molecule has 1 fully saturated rings. The third-order valence-corrected chi connectivity index (χ3v) is 3.99. The number of rotatable bonds is 2. The highest BCUT2D eigenvalue weighted by Gasteiger charge is 2.25. The Bertz CT molecular complexity index is 428. The first kappa shape index (κ1) is 12.3. The van der Waals surface area contributed by atoms with Gasteiger partial charge in [-0.15, -0.1) is 0 Å². The smallest absolute Gasteiger partial charge is 0.251 e. The molecule has 0 amide bonds. The molecule has 0 radical (unpaired) electrons. The summed E-state index contributed by atoms with van der Waals surface area (Å²) in [6.07, 6.45) is 4.85. The highest BCUT2D eigenvalue weighted by molar-refractivity contribution is 5.05. The molecule has 1 N–H and O–H groups in total. The Morgan fingerprint density at radius 2 is 1.94 bits per heavy atom. The van der Waals surface area contributed by atoms with Gasteiger partial charge in [0.2, 0.25) is 0 Å². The third kappa shape index (κ3) is 2.96. The van der Waals surface area contributed by atoms with E-state index in [9.17, 15) is 4.79 Å². The first-order chi connectivity index (χ1) is 8.06. The van der Waals surface area contributed by atoms with Crippen molar-refractivity contribution in [3.8, 4) is 0 Å². The second-order valence-corrected chi connectivity index (χ2v) is 5.63. The molecule has 1 aromatic rings. The zero-order valence-electron chi connectivity index (χ0n) is 11.0. The quantitative estimate of drug-likeness (QED) is 0.855. The van der Waals surface area contributed by atoms with E-state index >= 15 is 0 Å². The van der Waals surface area contributed by atoms with E-state index in [2.05, 4.69) is 23.8 Å². The van der Waals surface area contributed by atoms with Gasteiger partial charge in [0.1, 0.15) is 5.82 Å². The molecule has 0 atom stereocenters. The summed E-state index contributed by atoms with van der Waals surface area (Å²) in [5.41, 5.74) is 0.813. The van der Waals surface area contributed by atoms with E-state index in [0.717, 1.165) is 36.2 Å². The molecule has 1 aliphatic rings. The van der Waals surface area contributed by atoms with Crippen LogP contribution >= 0.6 is 0 Å². The van der Waals surface area contributed by atoms with Crippen LogP contribution in [-0.4, -0.2) is 9.97 Å². The molecule has 2 rings (SSSR count). The van der Waals surface area contributed by atoms with E-state index in [1.165, 1.54) is 12.8 Å². The number of hydrogen-bond donors (Lipinski definition) is 1. The van der Waals surface area contributed by atoms with E-state index in [-0.39, 0.29) is 5.56 Å². The minimum atomic E-state index is -0.0153. The SMILES string of the molecule is Cc1cc(=O)[nH]c(C2CCC(C(C)C)CC2)n1. The summed E-state index contributed by atoms with van der Waals surface area (Å²) >= 11 is 0. The van der Waals surface area contributed by atoms with Gasteiger partial charge in [0.15, 0.2) is 0 Å². The van der Waals surface area contributed by atoms with Crippen LogP contribution in [0.25, 0.3) is 0 Å². The summed E-state index contributed by atoms with van der Waals surface area (Å²) in [6.45, 7) is 6.49. The Morgan fingerprint density at radius 1 is 1.29 bits per heavy atom. The molecule has 17 heavy (non-hydrogen) atoms. The molecule has 94 valence electrons. The number of hydrogen-bond acceptors (Lipinski definition) is 2. The summed E-state index contributed by atoms with van der Waals surface area (Å²) in [5.74, 6) is 2.98. The van der Waals surface area contributed by atoms with Crippen LogP contribution in [0.1, 0.15) is 57.0 Å². The van der Waals surface area contributed by atoms with Gasteiger partial charge >= 0.3 is 0 Å². The Hall–Kier alpha value is -1.12. The van der Waals surface area contributed by atoms with E-state index in [0.29, 0.717) is 5.92 Å². The van der Waals surface area contributed by atoms with Gasteiger partial charge in [0.25, 0.3) is 5.56 Å². The Kier molecular flexibility index (Phi) is 3.65. The highest BCUT2D eigenvalue weighted by Crippen LogP contribution is 2.37. The molecule has 0 aromatic carbocycles. The van der Waals surface area contributed by atoms with Crippen molar-refractivity contribution in [1.29, 1.82) is 0 Å². The minimum absolute atomic E-state index is 0.0153. The largest absolute Gasteiger partial charge is 0.310 e. The molecular weight excluding hydrogens is 212 g/mol. The summed E-state index contributed by atoms with van der Waals surface area (Å²) in [6, 6.07) is 1.56. The minimum Gasteiger partial charge on any atom is -0.310 e. The maximum atomic E-state index is 11.4. The average Bonchev–Trinajstić information content (AvgIpc) is 2.28. The number of aromatic nitrogens is 2. The highest BCUT2D eigenvalue weighted by atomic mass is 16.1. The van der Waals surface area contributed by atoms with Crippen LogP contribution < -0.4 is 5.56 Å². The summed E-state index contributed by atoms with van der Waals surface area (Å²) in [7, 11) is 0. The molecule has 0 aliphatic heterocycles. The summed E-state index contributed by atoms with van der Waals surface area (Å²) in [5, 5.41) is 0. The van der Waals surface area contributed by atoms with E-state index < -0.39 is 0 Å². The Labute approximate surface area is 103 Å². The molecule has 0 saturated heterocycles. The fourth-order valence-electron chi connectivity index (χ4n) is 2.85. The molecule has 0 unspecified atom stereocenters. The third-order valence-electron chi connectivity index (χ3n) is 3.99. The fourth-order valence-corrected chi connectivity index (χ4v) is 2.85. The van der Waals surface area contributed by atoms with Crippen molar-refractivity contribution in [2.24, 2.45) is 11.8 Å². The Morgan fingerprint density at radius 3 is 2.47 bits per heavy atom. The average molecular weight is 234 g/mol. The van der Waals surface area contributed by atoms with Crippen LogP contribution in [0, 0.1) is 18.8 Å². The van der Waals surface area contributed by atoms with E-state index in [4.69, 9.17) is 0 Å². The van der Waals surface area contributed by atoms with Crippen molar-refractivity contribution < 1.29 is 0 Å². The van der Waals surface area contributed by atoms with E-state index in [1.807, 2.05) is 6.92 Å². The zero-order valence-corrected chi connectivity index (χ0v) is 11.0. The van der Waals surface area contributed by atoms with Gasteiger partial charge in [0, 0.05) is 17.7 Å². The zero-order chi connectivity index (χ0) is 12.4. The van der Waals surface area contributed by atoms with Crippen molar-refractivity contribution in [2.75, 3.05) is 0 Å². The fraction of sp³-hybridized carbons (Fsp3) is 0.714. The maximum absolute atomic E-state index is 11.4. The lowest BCUT2D eigenvalue weighted by molar-refractivity contribution is 0.254. The van der Waals surface area contributed by atoms with Crippen molar-refractivity contribution in [2.45, 2.75) is 52.4 Å². The van der Waals surface area contributed by atoms with Gasteiger partial charge in [-0.25, -0.2) is 4.98 Å². The number of nitrogens with zero attached hydrogens (tertiary/aromatic N) is 1. The second kappa shape index (κ2) is 5.03. The molecule has 0 bridgehead atoms. The molecule has 3 heteroatoms. The molecule has 1 aromatic heterocycles. The number of H-pyrrole nitrogens is 1. The van der Waals surface area contributed by atoms with Gasteiger partial charge in [0.05, 0.1) is 0 Å². The van der Waals surface area contributed by atoms with Crippen molar-refractivity contribution in [3.05, 3.63) is 27.9 Å². The van der Waals surface area contributed by atoms with Gasteiger partial charge in [-0.2, -0.15) is 0 Å². The molecule has 1 saturated carbocycles. The Balaban J connectivity index is 2.08. The number of aromatic amines is 1. The van der Waals surface area contributed by atoms with Crippen molar-refractivity contribution in [3.63, 3.8) is 0 Å². The first-order valence-electron chi connectivity index (χ1n) is 6.64. The first-order valence-corrected chi connectivity index (χ1v) is 6.64. The monoisotopic (exact) mass is 234 g/mol. The second-order valence-electron chi connectivity index (χ2n) is 5.63. The van der Waals surface area contributed by atoms with Gasteiger partial charge in [-0.1, -0.05) is 13.8 Å². The predicted octanol–water partition coefficient (Wildman–Crippen LogP) is 3.01. The lowest BCUT2D eigenvalue weighted by Crippen LogP contribution is -2.21. The summed E-state index contributed by atoms with van der Waals surface area (Å²) in [4.78, 5) is 18.8. The standard InChI is InChI=1S/C14H22N2O/c1-9(2)11-4-6-12(7-5-11)14-15-10(3)8-13(17)16-14/h8-9,11-12H,4-7H2,1-3H3,(H,15,16,17). The van der Waals surface area contributed by atoms with E-state index in [1.54, 1.807) is 6.07 Å². The normalized spacial score (nSPS) is 25.2. The van der Waals surface area contributed by atoms with Crippen LogP contribution in [0.3, 0.4) is 0 Å². The van der Waals surface area contributed by atoms with Gasteiger partial charge < -0.3 is 4.98 Å². The lowest BCUT2D eigenvalue weighted by Gasteiger charge is -2.30. The van der Waals surface area contributed by atoms with Crippen LogP contribution in [0.5, 0.6) is 0 Å². The molecule has 0 spiro atoms. The van der Waals surface area contributed by atoms with Crippen LogP contribution in [-0.2, 0) is 0 Å². The van der Waals surface area contributed by atoms with Crippen LogP contribution in [0.4, 0.5) is 0 Å². The van der Waals surface area contributed by atoms with Gasteiger partial charge in [-0.05, 0) is 44.4 Å². The van der Waals surface area contributed by atoms with Crippen LogP contribution in [0.2, 0.25) is 0 Å². The van der Waals surface area contributed by atoms with Gasteiger partial charge in [-0.3, -0.25) is 4.79 Å². The van der Waals surface area contributed by atoms with Crippen molar-refractivity contribution in [1.82, 2.24) is 9.97 Å². The number of aryl methyl sites for hydroxylation is 1. The number of nitrogens with one attached hydrogen (secondary N) is 1. The molecular formula is C14H22N2O. The molecule has 1 heterocycles. The topological polar surface area (TPSA) is 45.8 Å².